The normalized spacial score (nSPS) is 17.1. The van der Waals surface area contributed by atoms with E-state index in [1.54, 1.807) is 18.6 Å². The molecule has 0 radical (unpaired) electrons. The maximum atomic E-state index is 12.8. The van der Waals surface area contributed by atoms with E-state index in [0.29, 0.717) is 24.4 Å². The van der Waals surface area contributed by atoms with Crippen molar-refractivity contribution in [2.24, 2.45) is 0 Å². The molecular weight excluding hydrogens is 410 g/mol. The predicted octanol–water partition coefficient (Wildman–Crippen LogP) is 3.35. The molecule has 0 aliphatic carbocycles. The number of rotatable bonds is 6. The number of thiazole rings is 1. The van der Waals surface area contributed by atoms with Crippen LogP contribution >= 0.6 is 11.3 Å². The highest BCUT2D eigenvalue weighted by molar-refractivity contribution is 7.89. The third-order valence-corrected chi connectivity index (χ3v) is 7.53. The van der Waals surface area contributed by atoms with Gasteiger partial charge in [0.2, 0.25) is 10.0 Å². The van der Waals surface area contributed by atoms with Gasteiger partial charge in [0.05, 0.1) is 26.7 Å². The Balaban J connectivity index is 1.45. The largest absolute Gasteiger partial charge is 0.377 e. The zero-order chi connectivity index (χ0) is 20.4. The SMILES string of the molecule is CN(CC1CCCO1)S(=O)(=O)c1ccc(C(=O)Nc2ccc3ncsc3c2)cc1. The summed E-state index contributed by atoms with van der Waals surface area (Å²) in [5, 5.41) is 2.83. The number of nitrogens with one attached hydrogen (secondary N) is 1. The molecule has 9 heteroatoms. The van der Waals surface area contributed by atoms with Crippen LogP contribution in [0.1, 0.15) is 23.2 Å². The van der Waals surface area contributed by atoms with Gasteiger partial charge in [-0.25, -0.2) is 13.4 Å². The second-order valence-corrected chi connectivity index (χ2v) is 9.87. The monoisotopic (exact) mass is 431 g/mol. The first kappa shape index (κ1) is 20.0. The summed E-state index contributed by atoms with van der Waals surface area (Å²) in [6.45, 7) is 1.00. The summed E-state index contributed by atoms with van der Waals surface area (Å²) in [5.41, 5.74) is 3.69. The molecule has 1 saturated heterocycles. The van der Waals surface area contributed by atoms with E-state index in [-0.39, 0.29) is 16.9 Å². The first-order valence-corrected chi connectivity index (χ1v) is 11.6. The first-order valence-electron chi connectivity index (χ1n) is 9.26. The highest BCUT2D eigenvalue weighted by Gasteiger charge is 2.26. The Morgan fingerprint density at radius 3 is 2.79 bits per heavy atom. The summed E-state index contributed by atoms with van der Waals surface area (Å²) < 4.78 is 33.3. The molecule has 1 fully saturated rings. The minimum absolute atomic E-state index is 0.0595. The molecule has 1 atom stereocenters. The Hall–Kier alpha value is -2.33. The summed E-state index contributed by atoms with van der Waals surface area (Å²) in [5.74, 6) is -0.300. The summed E-state index contributed by atoms with van der Waals surface area (Å²) in [4.78, 5) is 16.9. The van der Waals surface area contributed by atoms with Crippen LogP contribution < -0.4 is 5.32 Å². The van der Waals surface area contributed by atoms with Crippen molar-refractivity contribution < 1.29 is 17.9 Å². The number of fused-ring (bicyclic) bond motifs is 1. The highest BCUT2D eigenvalue weighted by atomic mass is 32.2. The topological polar surface area (TPSA) is 88.6 Å². The third-order valence-electron chi connectivity index (χ3n) is 4.90. The van der Waals surface area contributed by atoms with Gasteiger partial charge in [-0.2, -0.15) is 4.31 Å². The molecule has 2 aromatic carbocycles. The van der Waals surface area contributed by atoms with Gasteiger partial charge in [0.25, 0.3) is 5.91 Å². The van der Waals surface area contributed by atoms with E-state index >= 15 is 0 Å². The Morgan fingerprint density at radius 2 is 2.07 bits per heavy atom. The van der Waals surface area contributed by atoms with Crippen LogP contribution in [0, 0.1) is 0 Å². The quantitative estimate of drug-likeness (QED) is 0.647. The fourth-order valence-electron chi connectivity index (χ4n) is 3.27. The lowest BCUT2D eigenvalue weighted by molar-refractivity contribution is 0.0979. The number of anilines is 1. The average molecular weight is 432 g/mol. The van der Waals surface area contributed by atoms with E-state index in [1.165, 1.54) is 39.9 Å². The fraction of sp³-hybridized carbons (Fsp3) is 0.300. The molecule has 7 nitrogen and oxygen atoms in total. The van der Waals surface area contributed by atoms with Crippen molar-refractivity contribution in [2.75, 3.05) is 25.5 Å². The number of carbonyl (C=O) groups is 1. The minimum atomic E-state index is -3.63. The van der Waals surface area contributed by atoms with Crippen LogP contribution in [0.3, 0.4) is 0 Å². The number of carbonyl (C=O) groups excluding carboxylic acids is 1. The zero-order valence-electron chi connectivity index (χ0n) is 15.9. The molecule has 4 rings (SSSR count). The number of ether oxygens (including phenoxy) is 1. The molecule has 1 N–H and O–H groups in total. The second kappa shape index (κ2) is 8.19. The standard InChI is InChI=1S/C20H21N3O4S2/c1-23(12-16-3-2-10-27-16)29(25,26)17-7-4-14(5-8-17)20(24)22-15-6-9-18-19(11-15)28-13-21-18/h4-9,11,13,16H,2-3,10,12H2,1H3,(H,22,24). The van der Waals surface area contributed by atoms with Crippen molar-refractivity contribution >= 4 is 43.2 Å². The van der Waals surface area contributed by atoms with Gasteiger partial charge < -0.3 is 10.1 Å². The maximum Gasteiger partial charge on any atom is 0.255 e. The molecule has 1 aliphatic rings. The molecule has 3 aromatic rings. The number of amides is 1. The molecule has 1 aliphatic heterocycles. The molecule has 0 bridgehead atoms. The van der Waals surface area contributed by atoms with Crippen LogP contribution in [-0.4, -0.2) is 49.9 Å². The van der Waals surface area contributed by atoms with Gasteiger partial charge in [0, 0.05) is 31.5 Å². The number of sulfonamides is 1. The molecular formula is C20H21N3O4S2. The lowest BCUT2D eigenvalue weighted by atomic mass is 10.2. The molecule has 1 aromatic heterocycles. The zero-order valence-corrected chi connectivity index (χ0v) is 17.5. The Kier molecular flexibility index (Phi) is 5.64. The number of hydrogen-bond donors (Lipinski definition) is 1. The third kappa shape index (κ3) is 4.32. The number of nitrogens with zero attached hydrogens (tertiary/aromatic N) is 2. The van der Waals surface area contributed by atoms with E-state index in [2.05, 4.69) is 10.3 Å². The number of aromatic nitrogens is 1. The van der Waals surface area contributed by atoms with E-state index in [1.807, 2.05) is 12.1 Å². The van der Waals surface area contributed by atoms with Crippen LogP contribution in [-0.2, 0) is 14.8 Å². The molecule has 152 valence electrons. The van der Waals surface area contributed by atoms with Crippen LogP contribution in [0.5, 0.6) is 0 Å². The van der Waals surface area contributed by atoms with Crippen LogP contribution in [0.15, 0.2) is 52.9 Å². The predicted molar refractivity (Wildman–Crippen MR) is 113 cm³/mol. The smallest absolute Gasteiger partial charge is 0.255 e. The second-order valence-electron chi connectivity index (χ2n) is 6.93. The van der Waals surface area contributed by atoms with Gasteiger partial charge in [-0.15, -0.1) is 11.3 Å². The van der Waals surface area contributed by atoms with Crippen molar-refractivity contribution in [1.29, 1.82) is 0 Å². The van der Waals surface area contributed by atoms with Gasteiger partial charge in [-0.1, -0.05) is 0 Å². The molecule has 0 saturated carbocycles. The van der Waals surface area contributed by atoms with E-state index in [9.17, 15) is 13.2 Å². The van der Waals surface area contributed by atoms with Gasteiger partial charge in [0.1, 0.15) is 0 Å². The van der Waals surface area contributed by atoms with Gasteiger partial charge in [0.15, 0.2) is 0 Å². The molecule has 2 heterocycles. The lowest BCUT2D eigenvalue weighted by Crippen LogP contribution is -2.34. The number of benzene rings is 2. The highest BCUT2D eigenvalue weighted by Crippen LogP contribution is 2.23. The van der Waals surface area contributed by atoms with Crippen molar-refractivity contribution in [3.05, 3.63) is 53.5 Å². The lowest BCUT2D eigenvalue weighted by Gasteiger charge is -2.20. The van der Waals surface area contributed by atoms with Crippen LogP contribution in [0.4, 0.5) is 5.69 Å². The molecule has 1 amide bonds. The Labute approximate surface area is 173 Å². The van der Waals surface area contributed by atoms with Crippen LogP contribution in [0.2, 0.25) is 0 Å². The first-order chi connectivity index (χ1) is 13.9. The Bertz CT molecular complexity index is 1120. The number of likely N-dealkylation sites (N-methyl/N-ethyl adjacent to an activating group) is 1. The number of hydrogen-bond acceptors (Lipinski definition) is 6. The van der Waals surface area contributed by atoms with Crippen molar-refractivity contribution in [3.63, 3.8) is 0 Å². The van der Waals surface area contributed by atoms with E-state index < -0.39 is 10.0 Å². The van der Waals surface area contributed by atoms with E-state index in [4.69, 9.17) is 4.74 Å². The van der Waals surface area contributed by atoms with Crippen molar-refractivity contribution in [2.45, 2.75) is 23.8 Å². The van der Waals surface area contributed by atoms with Crippen molar-refractivity contribution in [1.82, 2.24) is 9.29 Å². The fourth-order valence-corrected chi connectivity index (χ4v) is 5.19. The summed E-state index contributed by atoms with van der Waals surface area (Å²) in [6, 6.07) is 11.5. The van der Waals surface area contributed by atoms with Gasteiger partial charge >= 0.3 is 0 Å². The van der Waals surface area contributed by atoms with Crippen molar-refractivity contribution in [3.8, 4) is 0 Å². The maximum absolute atomic E-state index is 12.8. The van der Waals surface area contributed by atoms with E-state index in [0.717, 1.165) is 23.1 Å². The summed E-state index contributed by atoms with van der Waals surface area (Å²) >= 11 is 1.50. The Morgan fingerprint density at radius 1 is 1.28 bits per heavy atom. The minimum Gasteiger partial charge on any atom is -0.377 e. The van der Waals surface area contributed by atoms with Gasteiger partial charge in [-0.3, -0.25) is 4.79 Å². The van der Waals surface area contributed by atoms with Gasteiger partial charge in [-0.05, 0) is 55.3 Å². The molecule has 1 unspecified atom stereocenters. The average Bonchev–Trinajstić information content (AvgIpc) is 3.39. The molecule has 29 heavy (non-hydrogen) atoms. The molecule has 0 spiro atoms. The summed E-state index contributed by atoms with van der Waals surface area (Å²) in [6.07, 6.45) is 1.76. The van der Waals surface area contributed by atoms with Crippen LogP contribution in [0.25, 0.3) is 10.2 Å². The summed E-state index contributed by atoms with van der Waals surface area (Å²) in [7, 11) is -2.08.